The minimum atomic E-state index is -3.59. The lowest BCUT2D eigenvalue weighted by atomic mass is 10.1. The number of carbonyl (C=O) groups excluding carboxylic acids is 1. The van der Waals surface area contributed by atoms with Crippen molar-refractivity contribution in [2.45, 2.75) is 30.6 Å². The van der Waals surface area contributed by atoms with Crippen molar-refractivity contribution in [2.24, 2.45) is 4.99 Å². The number of hydrogen-bond donors (Lipinski definition) is 0. The smallest absolute Gasteiger partial charge is 0.319 e. The first-order valence-electron chi connectivity index (χ1n) is 10.9. The van der Waals surface area contributed by atoms with E-state index in [9.17, 15) is 13.2 Å². The summed E-state index contributed by atoms with van der Waals surface area (Å²) in [5.41, 5.74) is 0. The Hall–Kier alpha value is -1.87. The van der Waals surface area contributed by atoms with Crippen LogP contribution >= 0.6 is 23.4 Å². The number of quaternary nitrogens is 1. The second-order valence-electron chi connectivity index (χ2n) is 8.52. The number of thioether (sulfide) groups is 1. The van der Waals surface area contributed by atoms with Crippen LogP contribution in [-0.2, 0) is 14.6 Å². The van der Waals surface area contributed by atoms with Crippen LogP contribution in [0.15, 0.2) is 57.5 Å². The van der Waals surface area contributed by atoms with E-state index >= 15 is 0 Å². The van der Waals surface area contributed by atoms with Crippen LogP contribution in [0.5, 0.6) is 0 Å². The van der Waals surface area contributed by atoms with Crippen LogP contribution in [-0.4, -0.2) is 60.8 Å². The molecular formula is C23H25ClN3O3S2+. The maximum Gasteiger partial charge on any atom is 0.320 e. The SMILES string of the molecule is O=C(CCS(=O)(=O)c1ccc2cc(Cl)ccc2c1)[N+]1(C2=CN3CCN=C3S2)CCCCC1. The van der Waals surface area contributed by atoms with Crippen LogP contribution in [0.1, 0.15) is 25.7 Å². The highest BCUT2D eigenvalue weighted by Gasteiger charge is 2.46. The van der Waals surface area contributed by atoms with Crippen molar-refractivity contribution in [1.29, 1.82) is 0 Å². The maximum absolute atomic E-state index is 13.5. The lowest BCUT2D eigenvalue weighted by molar-refractivity contribution is -0.814. The first-order valence-corrected chi connectivity index (χ1v) is 13.8. The van der Waals surface area contributed by atoms with E-state index in [2.05, 4.69) is 16.1 Å². The molecule has 1 fully saturated rings. The molecule has 168 valence electrons. The Labute approximate surface area is 197 Å². The van der Waals surface area contributed by atoms with Crippen molar-refractivity contribution in [3.05, 3.63) is 52.6 Å². The number of carbonyl (C=O) groups is 1. The molecule has 0 radical (unpaired) electrons. The lowest BCUT2D eigenvalue weighted by Crippen LogP contribution is -2.54. The first-order chi connectivity index (χ1) is 15.4. The number of rotatable bonds is 5. The summed E-state index contributed by atoms with van der Waals surface area (Å²) in [6.45, 7) is 3.10. The molecule has 2 aromatic rings. The molecule has 32 heavy (non-hydrogen) atoms. The molecule has 0 atom stereocenters. The molecule has 3 aliphatic heterocycles. The van der Waals surface area contributed by atoms with Gasteiger partial charge in [0, 0.05) is 23.3 Å². The number of fused-ring (bicyclic) bond motifs is 2. The average molecular weight is 491 g/mol. The Morgan fingerprint density at radius 2 is 1.84 bits per heavy atom. The van der Waals surface area contributed by atoms with Gasteiger partial charge in [0.2, 0.25) is 0 Å². The van der Waals surface area contributed by atoms with Crippen LogP contribution in [0.3, 0.4) is 0 Å². The quantitative estimate of drug-likeness (QED) is 0.581. The molecule has 0 N–H and O–H groups in total. The highest BCUT2D eigenvalue weighted by molar-refractivity contribution is 8.17. The molecule has 1 amide bonds. The molecule has 0 spiro atoms. The van der Waals surface area contributed by atoms with Crippen molar-refractivity contribution in [3.8, 4) is 0 Å². The summed E-state index contributed by atoms with van der Waals surface area (Å²) < 4.78 is 26.4. The minimum absolute atomic E-state index is 0.00532. The third-order valence-corrected chi connectivity index (χ3v) is 9.65. The standard InChI is InChI=1S/C23H25ClN3O3S2/c24-19-6-4-18-15-20(7-5-17(18)14-19)32(29,30)13-8-21(28)27(11-2-1-3-12-27)22-16-26-10-9-25-23(26)31-22/h4-7,14-16H,1-3,8-13H2/q+1. The molecule has 0 saturated carbocycles. The van der Waals surface area contributed by atoms with E-state index in [1.807, 2.05) is 12.1 Å². The summed E-state index contributed by atoms with van der Waals surface area (Å²) >= 11 is 7.61. The van der Waals surface area contributed by atoms with Crippen molar-refractivity contribution in [3.63, 3.8) is 0 Å². The zero-order chi connectivity index (χ0) is 22.3. The fourth-order valence-corrected chi connectivity index (χ4v) is 7.37. The van der Waals surface area contributed by atoms with Gasteiger partial charge < -0.3 is 4.90 Å². The average Bonchev–Trinajstić information content (AvgIpc) is 3.40. The molecule has 2 aromatic carbocycles. The monoisotopic (exact) mass is 490 g/mol. The number of likely N-dealkylation sites (tertiary alicyclic amines) is 1. The summed E-state index contributed by atoms with van der Waals surface area (Å²) in [6, 6.07) is 10.4. The normalized spacial score (nSPS) is 20.2. The molecular weight excluding hydrogens is 466 g/mol. The number of sulfone groups is 1. The van der Waals surface area contributed by atoms with E-state index in [-0.39, 0.29) is 27.5 Å². The Kier molecular flexibility index (Phi) is 5.82. The zero-order valence-electron chi connectivity index (χ0n) is 17.7. The Morgan fingerprint density at radius 1 is 1.09 bits per heavy atom. The molecule has 0 aromatic heterocycles. The third-order valence-electron chi connectivity index (χ3n) is 6.49. The second-order valence-corrected chi connectivity index (χ2v) is 12.1. The number of amides is 1. The number of nitrogens with zero attached hydrogens (tertiary/aromatic N) is 3. The number of hydrogen-bond acceptors (Lipinski definition) is 6. The summed E-state index contributed by atoms with van der Waals surface area (Å²) in [4.78, 5) is 20.4. The third kappa shape index (κ3) is 3.98. The van der Waals surface area contributed by atoms with Crippen molar-refractivity contribution in [1.82, 2.24) is 4.90 Å². The van der Waals surface area contributed by atoms with Gasteiger partial charge in [0.25, 0.3) is 0 Å². The Bertz CT molecular complexity index is 1250. The predicted octanol–water partition coefficient (Wildman–Crippen LogP) is 4.40. The van der Waals surface area contributed by atoms with Crippen molar-refractivity contribution < 1.29 is 17.7 Å². The Balaban J connectivity index is 1.36. The van der Waals surface area contributed by atoms with Crippen molar-refractivity contribution >= 4 is 55.0 Å². The van der Waals surface area contributed by atoms with E-state index in [1.165, 1.54) is 0 Å². The van der Waals surface area contributed by atoms with E-state index < -0.39 is 9.84 Å². The summed E-state index contributed by atoms with van der Waals surface area (Å²) in [6.07, 6.45) is 5.11. The van der Waals surface area contributed by atoms with Crippen LogP contribution in [0.4, 0.5) is 0 Å². The highest BCUT2D eigenvalue weighted by Crippen LogP contribution is 2.41. The lowest BCUT2D eigenvalue weighted by Gasteiger charge is -2.38. The van der Waals surface area contributed by atoms with Gasteiger partial charge in [0.05, 0.1) is 42.9 Å². The molecule has 0 bridgehead atoms. The first kappa shape index (κ1) is 21.9. The molecule has 5 rings (SSSR count). The van der Waals surface area contributed by atoms with Gasteiger partial charge in [0.15, 0.2) is 20.0 Å². The van der Waals surface area contributed by atoms with Crippen LogP contribution in [0.25, 0.3) is 10.8 Å². The van der Waals surface area contributed by atoms with Crippen molar-refractivity contribution in [2.75, 3.05) is 31.9 Å². The second kappa shape index (κ2) is 8.48. The maximum atomic E-state index is 13.5. The topological polar surface area (TPSA) is 66.8 Å². The molecule has 0 aliphatic carbocycles. The molecule has 3 aliphatic rings. The summed E-state index contributed by atoms with van der Waals surface area (Å²) in [5.74, 6) is -0.200. The number of benzene rings is 2. The van der Waals surface area contributed by atoms with Gasteiger partial charge in [-0.25, -0.2) is 17.7 Å². The zero-order valence-corrected chi connectivity index (χ0v) is 20.1. The van der Waals surface area contributed by atoms with Gasteiger partial charge in [-0.3, -0.25) is 4.99 Å². The molecule has 1 saturated heterocycles. The van der Waals surface area contributed by atoms with E-state index in [4.69, 9.17) is 11.6 Å². The largest absolute Gasteiger partial charge is 0.320 e. The van der Waals surface area contributed by atoms with Gasteiger partial charge in [-0.1, -0.05) is 23.7 Å². The number of piperidine rings is 1. The van der Waals surface area contributed by atoms with Crippen LogP contribution in [0, 0.1) is 0 Å². The van der Waals surface area contributed by atoms with Gasteiger partial charge in [-0.2, -0.15) is 0 Å². The minimum Gasteiger partial charge on any atom is -0.319 e. The van der Waals surface area contributed by atoms with Gasteiger partial charge in [-0.05, 0) is 54.3 Å². The predicted molar refractivity (Wildman–Crippen MR) is 129 cm³/mol. The van der Waals surface area contributed by atoms with Crippen LogP contribution < -0.4 is 0 Å². The molecule has 0 unspecified atom stereocenters. The molecule has 3 heterocycles. The van der Waals surface area contributed by atoms with E-state index in [1.54, 1.807) is 36.0 Å². The number of aliphatic imine (C=N–C) groups is 1. The van der Waals surface area contributed by atoms with E-state index in [0.29, 0.717) is 5.02 Å². The number of halogens is 1. The van der Waals surface area contributed by atoms with Crippen LogP contribution in [0.2, 0.25) is 5.02 Å². The molecule has 6 nitrogen and oxygen atoms in total. The number of amidine groups is 1. The summed E-state index contributed by atoms with van der Waals surface area (Å²) in [7, 11) is -3.59. The summed E-state index contributed by atoms with van der Waals surface area (Å²) in [5, 5.41) is 4.27. The van der Waals surface area contributed by atoms with Gasteiger partial charge in [-0.15, -0.1) is 0 Å². The van der Waals surface area contributed by atoms with E-state index in [0.717, 1.165) is 66.4 Å². The fraction of sp³-hybridized carbons (Fsp3) is 0.391. The van der Waals surface area contributed by atoms with Gasteiger partial charge in [0.1, 0.15) is 0 Å². The highest BCUT2D eigenvalue weighted by atomic mass is 35.5. The fourth-order valence-electron chi connectivity index (χ4n) is 4.69. The Morgan fingerprint density at radius 3 is 2.62 bits per heavy atom. The molecule has 9 heteroatoms. The van der Waals surface area contributed by atoms with Gasteiger partial charge >= 0.3 is 5.91 Å².